The van der Waals surface area contributed by atoms with Crippen LogP contribution in [0.15, 0.2) is 12.4 Å². The number of hydrogen-bond donors (Lipinski definition) is 1. The zero-order chi connectivity index (χ0) is 13.1. The molecular formula is C13H23N3O. The minimum absolute atomic E-state index is 0.0245. The summed E-state index contributed by atoms with van der Waals surface area (Å²) in [5.74, 6) is 0.183. The molecule has 0 saturated heterocycles. The van der Waals surface area contributed by atoms with Gasteiger partial charge in [0.1, 0.15) is 5.78 Å². The van der Waals surface area contributed by atoms with E-state index in [2.05, 4.69) is 25.9 Å². The molecule has 0 aliphatic heterocycles. The standard InChI is InChI=1S/C13H23N3O/c1-5-16-9-10(8-15-16)6-11(17)7-12(14)13(2,3)4/h8-9,12H,5-7,14H2,1-4H3. The van der Waals surface area contributed by atoms with Gasteiger partial charge in [-0.3, -0.25) is 9.48 Å². The number of aryl methyl sites for hydroxylation is 1. The van der Waals surface area contributed by atoms with Crippen molar-refractivity contribution in [3.8, 4) is 0 Å². The molecule has 17 heavy (non-hydrogen) atoms. The van der Waals surface area contributed by atoms with Crippen molar-refractivity contribution in [3.05, 3.63) is 18.0 Å². The molecule has 1 aromatic rings. The topological polar surface area (TPSA) is 60.9 Å². The Morgan fingerprint density at radius 1 is 1.53 bits per heavy atom. The molecule has 2 N–H and O–H groups in total. The second-order valence-electron chi connectivity index (χ2n) is 5.60. The van der Waals surface area contributed by atoms with Gasteiger partial charge < -0.3 is 5.73 Å². The van der Waals surface area contributed by atoms with Crippen molar-refractivity contribution in [2.75, 3.05) is 0 Å². The van der Waals surface area contributed by atoms with Crippen LogP contribution in [0.25, 0.3) is 0 Å². The third-order valence-corrected chi connectivity index (χ3v) is 2.97. The fraction of sp³-hybridized carbons (Fsp3) is 0.692. The summed E-state index contributed by atoms with van der Waals surface area (Å²) in [6.45, 7) is 9.02. The number of hydrogen-bond acceptors (Lipinski definition) is 3. The van der Waals surface area contributed by atoms with E-state index in [1.807, 2.05) is 17.8 Å². The first-order valence-corrected chi connectivity index (χ1v) is 6.11. The second kappa shape index (κ2) is 5.45. The highest BCUT2D eigenvalue weighted by Gasteiger charge is 2.23. The Labute approximate surface area is 103 Å². The predicted molar refractivity (Wildman–Crippen MR) is 68.7 cm³/mol. The van der Waals surface area contributed by atoms with Crippen LogP contribution in [0.4, 0.5) is 0 Å². The molecule has 1 unspecified atom stereocenters. The van der Waals surface area contributed by atoms with Crippen LogP contribution < -0.4 is 5.73 Å². The molecule has 96 valence electrons. The number of aromatic nitrogens is 2. The van der Waals surface area contributed by atoms with Gasteiger partial charge in [0.05, 0.1) is 6.20 Å². The van der Waals surface area contributed by atoms with E-state index in [1.165, 1.54) is 0 Å². The maximum atomic E-state index is 11.9. The Hall–Kier alpha value is -1.16. The monoisotopic (exact) mass is 237 g/mol. The van der Waals surface area contributed by atoms with E-state index >= 15 is 0 Å². The second-order valence-corrected chi connectivity index (χ2v) is 5.60. The van der Waals surface area contributed by atoms with Crippen molar-refractivity contribution in [3.63, 3.8) is 0 Å². The molecule has 1 atom stereocenters. The first kappa shape index (κ1) is 13.9. The van der Waals surface area contributed by atoms with Gasteiger partial charge in [0.25, 0.3) is 0 Å². The molecule has 0 aromatic carbocycles. The minimum atomic E-state index is -0.0868. The van der Waals surface area contributed by atoms with Gasteiger partial charge in [-0.05, 0) is 17.9 Å². The van der Waals surface area contributed by atoms with Crippen molar-refractivity contribution >= 4 is 5.78 Å². The van der Waals surface area contributed by atoms with Gasteiger partial charge in [-0.25, -0.2) is 0 Å². The quantitative estimate of drug-likeness (QED) is 0.849. The van der Waals surface area contributed by atoms with Crippen molar-refractivity contribution < 1.29 is 4.79 Å². The number of carbonyl (C=O) groups excluding carboxylic acids is 1. The summed E-state index contributed by atoms with van der Waals surface area (Å²) in [5, 5.41) is 4.15. The van der Waals surface area contributed by atoms with Crippen LogP contribution >= 0.6 is 0 Å². The van der Waals surface area contributed by atoms with Crippen LogP contribution in [0.1, 0.15) is 39.7 Å². The van der Waals surface area contributed by atoms with E-state index in [4.69, 9.17) is 5.73 Å². The van der Waals surface area contributed by atoms with Gasteiger partial charge in [0, 0.05) is 31.6 Å². The Bertz CT molecular complexity index is 376. The normalized spacial score (nSPS) is 13.7. The van der Waals surface area contributed by atoms with Crippen molar-refractivity contribution in [2.24, 2.45) is 11.1 Å². The summed E-state index contributed by atoms with van der Waals surface area (Å²) in [6.07, 6.45) is 4.54. The number of nitrogens with two attached hydrogens (primary N) is 1. The Morgan fingerprint density at radius 3 is 2.65 bits per heavy atom. The van der Waals surface area contributed by atoms with E-state index in [1.54, 1.807) is 6.20 Å². The molecule has 1 heterocycles. The molecule has 0 aliphatic carbocycles. The van der Waals surface area contributed by atoms with Gasteiger partial charge in [-0.1, -0.05) is 20.8 Å². The smallest absolute Gasteiger partial charge is 0.138 e. The molecule has 0 radical (unpaired) electrons. The average molecular weight is 237 g/mol. The van der Waals surface area contributed by atoms with Gasteiger partial charge in [-0.2, -0.15) is 5.10 Å². The van der Waals surface area contributed by atoms with Crippen LogP contribution in [-0.4, -0.2) is 21.6 Å². The lowest BCUT2D eigenvalue weighted by Crippen LogP contribution is -2.37. The van der Waals surface area contributed by atoms with Crippen molar-refractivity contribution in [1.82, 2.24) is 9.78 Å². The summed E-state index contributed by atoms with van der Waals surface area (Å²) in [7, 11) is 0. The molecule has 0 saturated carbocycles. The zero-order valence-electron chi connectivity index (χ0n) is 11.2. The molecule has 0 amide bonds. The summed E-state index contributed by atoms with van der Waals surface area (Å²) >= 11 is 0. The lowest BCUT2D eigenvalue weighted by atomic mass is 9.84. The van der Waals surface area contributed by atoms with Crippen LogP contribution in [0.5, 0.6) is 0 Å². The molecular weight excluding hydrogens is 214 g/mol. The highest BCUT2D eigenvalue weighted by atomic mass is 16.1. The molecule has 0 aliphatic rings. The van der Waals surface area contributed by atoms with E-state index in [-0.39, 0.29) is 17.2 Å². The van der Waals surface area contributed by atoms with E-state index in [9.17, 15) is 4.79 Å². The van der Waals surface area contributed by atoms with Crippen LogP contribution in [0.3, 0.4) is 0 Å². The first-order valence-electron chi connectivity index (χ1n) is 6.11. The van der Waals surface area contributed by atoms with Crippen LogP contribution in [-0.2, 0) is 17.8 Å². The van der Waals surface area contributed by atoms with Gasteiger partial charge in [0.2, 0.25) is 0 Å². The Balaban J connectivity index is 2.50. The number of rotatable bonds is 5. The number of carbonyl (C=O) groups is 1. The molecule has 4 nitrogen and oxygen atoms in total. The fourth-order valence-corrected chi connectivity index (χ4v) is 1.52. The number of ketones is 1. The predicted octanol–water partition coefficient (Wildman–Crippen LogP) is 1.78. The molecule has 1 aromatic heterocycles. The van der Waals surface area contributed by atoms with Gasteiger partial charge >= 0.3 is 0 Å². The summed E-state index contributed by atoms with van der Waals surface area (Å²) in [5.41, 5.74) is 6.94. The zero-order valence-corrected chi connectivity index (χ0v) is 11.2. The highest BCUT2D eigenvalue weighted by molar-refractivity contribution is 5.81. The molecule has 1 rings (SSSR count). The minimum Gasteiger partial charge on any atom is -0.327 e. The van der Waals surface area contributed by atoms with Crippen LogP contribution in [0.2, 0.25) is 0 Å². The fourth-order valence-electron chi connectivity index (χ4n) is 1.52. The molecule has 4 heteroatoms. The lowest BCUT2D eigenvalue weighted by molar-refractivity contribution is -0.119. The molecule has 0 bridgehead atoms. The Morgan fingerprint density at radius 2 is 2.18 bits per heavy atom. The Kier molecular flexibility index (Phi) is 4.46. The maximum absolute atomic E-state index is 11.9. The van der Waals surface area contributed by atoms with E-state index in [0.29, 0.717) is 12.8 Å². The first-order chi connectivity index (χ1) is 7.82. The number of Topliss-reactive ketones (excluding diaryl/α,β-unsaturated/α-hetero) is 1. The van der Waals surface area contributed by atoms with Crippen molar-refractivity contribution in [1.29, 1.82) is 0 Å². The number of nitrogens with zero attached hydrogens (tertiary/aromatic N) is 2. The summed E-state index contributed by atoms with van der Waals surface area (Å²) in [4.78, 5) is 11.9. The largest absolute Gasteiger partial charge is 0.327 e. The molecule has 0 fully saturated rings. The average Bonchev–Trinajstić information content (AvgIpc) is 2.63. The van der Waals surface area contributed by atoms with Crippen molar-refractivity contribution in [2.45, 2.75) is 53.1 Å². The van der Waals surface area contributed by atoms with E-state index in [0.717, 1.165) is 12.1 Å². The lowest BCUT2D eigenvalue weighted by Gasteiger charge is -2.26. The summed E-state index contributed by atoms with van der Waals surface area (Å²) < 4.78 is 1.83. The third-order valence-electron chi connectivity index (χ3n) is 2.97. The molecule has 0 spiro atoms. The highest BCUT2D eigenvalue weighted by Crippen LogP contribution is 2.20. The van der Waals surface area contributed by atoms with Crippen LogP contribution in [0, 0.1) is 5.41 Å². The maximum Gasteiger partial charge on any atom is 0.138 e. The summed E-state index contributed by atoms with van der Waals surface area (Å²) in [6, 6.07) is -0.0868. The van der Waals surface area contributed by atoms with Gasteiger partial charge in [-0.15, -0.1) is 0 Å². The van der Waals surface area contributed by atoms with E-state index < -0.39 is 0 Å². The van der Waals surface area contributed by atoms with Gasteiger partial charge in [0.15, 0.2) is 0 Å². The third kappa shape index (κ3) is 4.30. The SMILES string of the molecule is CCn1cc(CC(=O)CC(N)C(C)(C)C)cn1.